The van der Waals surface area contributed by atoms with Crippen molar-refractivity contribution in [2.24, 2.45) is 4.99 Å². The number of nitrogens with zero attached hydrogens (tertiary/aromatic N) is 1. The molecule has 0 bridgehead atoms. The van der Waals surface area contributed by atoms with Gasteiger partial charge in [0.15, 0.2) is 5.96 Å². The minimum absolute atomic E-state index is 0.296. The van der Waals surface area contributed by atoms with Crippen LogP contribution in [0, 0.1) is 0 Å². The van der Waals surface area contributed by atoms with Crippen LogP contribution in [0.4, 0.5) is 5.69 Å². The van der Waals surface area contributed by atoms with Gasteiger partial charge in [-0.1, -0.05) is 37.9 Å². The third-order valence-electron chi connectivity index (χ3n) is 4.70. The molecule has 0 spiro atoms. The Bertz CT molecular complexity index is 1060. The molecular weight excluding hydrogens is 558 g/mol. The summed E-state index contributed by atoms with van der Waals surface area (Å²) in [5, 5.41) is 20.8. The van der Waals surface area contributed by atoms with Crippen LogP contribution in [0.5, 0.6) is 0 Å². The number of benzene rings is 2. The van der Waals surface area contributed by atoms with Crippen LogP contribution in [-0.4, -0.2) is 48.5 Å². The molecule has 174 valence electrons. The SMILES string of the molecule is O=C(O)CC(NC(=O)CNC(=O)c1cccc(NC2=NCCCN2)c1)c1cc(Br)cc(Br)c1. The van der Waals surface area contributed by atoms with E-state index in [0.29, 0.717) is 22.8 Å². The lowest BCUT2D eigenvalue weighted by Gasteiger charge is -2.18. The Morgan fingerprint density at radius 1 is 1.12 bits per heavy atom. The van der Waals surface area contributed by atoms with Gasteiger partial charge in [-0.25, -0.2) is 0 Å². The Hall–Kier alpha value is -2.92. The minimum atomic E-state index is -1.05. The van der Waals surface area contributed by atoms with E-state index in [1.54, 1.807) is 30.3 Å². The Morgan fingerprint density at radius 3 is 2.55 bits per heavy atom. The van der Waals surface area contributed by atoms with Crippen molar-refractivity contribution in [3.8, 4) is 0 Å². The zero-order valence-electron chi connectivity index (χ0n) is 17.5. The van der Waals surface area contributed by atoms with Gasteiger partial charge in [0.05, 0.1) is 19.0 Å². The van der Waals surface area contributed by atoms with E-state index in [1.165, 1.54) is 0 Å². The molecule has 0 aromatic heterocycles. The molecule has 1 aliphatic heterocycles. The van der Waals surface area contributed by atoms with Crippen LogP contribution in [0.1, 0.15) is 34.8 Å². The van der Waals surface area contributed by atoms with Crippen LogP contribution in [0.2, 0.25) is 0 Å². The Labute approximate surface area is 207 Å². The summed E-state index contributed by atoms with van der Waals surface area (Å²) < 4.78 is 1.49. The number of guanidine groups is 1. The molecule has 5 N–H and O–H groups in total. The van der Waals surface area contributed by atoms with Gasteiger partial charge in [-0.2, -0.15) is 0 Å². The molecule has 0 saturated heterocycles. The van der Waals surface area contributed by atoms with E-state index in [0.717, 1.165) is 28.5 Å². The van der Waals surface area contributed by atoms with Crippen molar-refractivity contribution in [3.63, 3.8) is 0 Å². The molecule has 1 atom stereocenters. The summed E-state index contributed by atoms with van der Waals surface area (Å²) in [7, 11) is 0. The Balaban J connectivity index is 1.59. The number of carbonyl (C=O) groups is 3. The van der Waals surface area contributed by atoms with Gasteiger partial charge in [-0.15, -0.1) is 0 Å². The number of hydrogen-bond acceptors (Lipinski definition) is 6. The summed E-state index contributed by atoms with van der Waals surface area (Å²) in [6, 6.07) is 11.4. The normalized spacial score (nSPS) is 13.8. The average Bonchev–Trinajstić information content (AvgIpc) is 2.77. The predicted octanol–water partition coefficient (Wildman–Crippen LogP) is 3.03. The van der Waals surface area contributed by atoms with E-state index in [-0.39, 0.29) is 13.0 Å². The number of anilines is 1. The average molecular weight is 581 g/mol. The second kappa shape index (κ2) is 11.8. The second-order valence-corrected chi connectivity index (χ2v) is 9.15. The summed E-state index contributed by atoms with van der Waals surface area (Å²) >= 11 is 6.73. The molecule has 33 heavy (non-hydrogen) atoms. The highest BCUT2D eigenvalue weighted by molar-refractivity contribution is 9.11. The molecule has 2 amide bonds. The third kappa shape index (κ3) is 7.86. The van der Waals surface area contributed by atoms with Gasteiger partial charge in [0.25, 0.3) is 5.91 Å². The molecule has 0 radical (unpaired) electrons. The zero-order valence-corrected chi connectivity index (χ0v) is 20.7. The van der Waals surface area contributed by atoms with Crippen molar-refractivity contribution in [2.45, 2.75) is 18.9 Å². The molecule has 0 aliphatic carbocycles. The van der Waals surface area contributed by atoms with E-state index < -0.39 is 23.8 Å². The highest BCUT2D eigenvalue weighted by atomic mass is 79.9. The summed E-state index contributed by atoms with van der Waals surface area (Å²) in [5.74, 6) is -1.32. The molecule has 0 fully saturated rings. The molecule has 1 unspecified atom stereocenters. The van der Waals surface area contributed by atoms with Gasteiger partial charge in [0, 0.05) is 33.3 Å². The smallest absolute Gasteiger partial charge is 0.305 e. The number of amides is 2. The van der Waals surface area contributed by atoms with E-state index in [4.69, 9.17) is 0 Å². The molecule has 2 aromatic carbocycles. The van der Waals surface area contributed by atoms with Crippen LogP contribution >= 0.6 is 31.9 Å². The van der Waals surface area contributed by atoms with Gasteiger partial charge in [-0.3, -0.25) is 19.4 Å². The number of carboxylic acid groups (broad SMARTS) is 1. The fraction of sp³-hybridized carbons (Fsp3) is 0.273. The van der Waals surface area contributed by atoms with Crippen LogP contribution in [0.15, 0.2) is 56.4 Å². The van der Waals surface area contributed by atoms with E-state index in [9.17, 15) is 19.5 Å². The topological polar surface area (TPSA) is 132 Å². The summed E-state index contributed by atoms with van der Waals surface area (Å²) in [5.41, 5.74) is 1.69. The number of hydrogen-bond donors (Lipinski definition) is 5. The van der Waals surface area contributed by atoms with E-state index >= 15 is 0 Å². The molecule has 0 saturated carbocycles. The standard InChI is InChI=1S/C22H23Br2N5O4/c23-15-7-14(8-16(24)10-15)18(11-20(31)32)29-19(30)12-27-21(33)13-3-1-4-17(9-13)28-22-25-5-2-6-26-22/h1,3-4,7-10,18H,2,5-6,11-12H2,(H,27,33)(H,29,30)(H,31,32)(H2,25,26,28). The molecular formula is C22H23Br2N5O4. The first-order valence-electron chi connectivity index (χ1n) is 10.2. The molecule has 1 heterocycles. The summed E-state index contributed by atoms with van der Waals surface area (Å²) in [4.78, 5) is 40.6. The lowest BCUT2D eigenvalue weighted by molar-refractivity contribution is -0.137. The maximum absolute atomic E-state index is 12.5. The monoisotopic (exact) mass is 579 g/mol. The highest BCUT2D eigenvalue weighted by Gasteiger charge is 2.20. The number of aliphatic carboxylic acids is 1. The van der Waals surface area contributed by atoms with Crippen LogP contribution in [-0.2, 0) is 9.59 Å². The molecule has 3 rings (SSSR count). The summed E-state index contributed by atoms with van der Waals surface area (Å²) in [6.45, 7) is 1.28. The van der Waals surface area contributed by atoms with Gasteiger partial charge in [0.1, 0.15) is 0 Å². The van der Waals surface area contributed by atoms with Crippen molar-refractivity contribution < 1.29 is 19.5 Å². The van der Waals surface area contributed by atoms with Crippen molar-refractivity contribution in [3.05, 3.63) is 62.5 Å². The first-order valence-corrected chi connectivity index (χ1v) is 11.8. The first kappa shape index (κ1) is 24.7. The number of rotatable bonds is 8. The number of carboxylic acids is 1. The van der Waals surface area contributed by atoms with Crippen LogP contribution in [0.25, 0.3) is 0 Å². The molecule has 1 aliphatic rings. The lowest BCUT2D eigenvalue weighted by atomic mass is 10.0. The number of halogens is 2. The Kier molecular flexibility index (Phi) is 8.84. The second-order valence-electron chi connectivity index (χ2n) is 7.32. The van der Waals surface area contributed by atoms with E-state index in [1.807, 2.05) is 12.1 Å². The minimum Gasteiger partial charge on any atom is -0.481 e. The Morgan fingerprint density at radius 2 is 1.88 bits per heavy atom. The van der Waals surface area contributed by atoms with Crippen molar-refractivity contribution in [2.75, 3.05) is 25.0 Å². The zero-order chi connectivity index (χ0) is 23.8. The molecule has 11 heteroatoms. The number of aliphatic imine (C=N–C) groups is 1. The van der Waals surface area contributed by atoms with E-state index in [2.05, 4.69) is 58.1 Å². The van der Waals surface area contributed by atoms with Gasteiger partial charge in [-0.05, 0) is 48.4 Å². The largest absolute Gasteiger partial charge is 0.481 e. The van der Waals surface area contributed by atoms with Crippen LogP contribution in [0.3, 0.4) is 0 Å². The lowest BCUT2D eigenvalue weighted by Crippen LogP contribution is -2.39. The maximum Gasteiger partial charge on any atom is 0.305 e. The number of nitrogens with one attached hydrogen (secondary N) is 4. The molecule has 2 aromatic rings. The van der Waals surface area contributed by atoms with Gasteiger partial charge >= 0.3 is 5.97 Å². The molecule has 9 nitrogen and oxygen atoms in total. The summed E-state index contributed by atoms with van der Waals surface area (Å²) in [6.07, 6.45) is 0.677. The van der Waals surface area contributed by atoms with Crippen LogP contribution < -0.4 is 21.3 Å². The number of carbonyl (C=O) groups excluding carboxylic acids is 2. The van der Waals surface area contributed by atoms with Crippen molar-refractivity contribution in [1.82, 2.24) is 16.0 Å². The third-order valence-corrected chi connectivity index (χ3v) is 5.61. The van der Waals surface area contributed by atoms with Crippen molar-refractivity contribution in [1.29, 1.82) is 0 Å². The predicted molar refractivity (Wildman–Crippen MR) is 132 cm³/mol. The quantitative estimate of drug-likeness (QED) is 0.326. The maximum atomic E-state index is 12.5. The van der Waals surface area contributed by atoms with Gasteiger partial charge in [0.2, 0.25) is 5.91 Å². The first-order chi connectivity index (χ1) is 15.8. The van der Waals surface area contributed by atoms with Gasteiger partial charge < -0.3 is 26.4 Å². The fourth-order valence-electron chi connectivity index (χ4n) is 3.20. The highest BCUT2D eigenvalue weighted by Crippen LogP contribution is 2.26. The van der Waals surface area contributed by atoms with Crippen molar-refractivity contribution >= 4 is 61.3 Å². The fourth-order valence-corrected chi connectivity index (χ4v) is 4.53.